The summed E-state index contributed by atoms with van der Waals surface area (Å²) < 4.78 is 35.9. The normalized spacial score (nSPS) is 15.7. The van der Waals surface area contributed by atoms with E-state index in [4.69, 9.17) is 9.73 Å². The van der Waals surface area contributed by atoms with E-state index in [1.807, 2.05) is 43.3 Å². The third kappa shape index (κ3) is 6.47. The van der Waals surface area contributed by atoms with E-state index in [1.54, 1.807) is 27.8 Å². The molecule has 36 heavy (non-hydrogen) atoms. The summed E-state index contributed by atoms with van der Waals surface area (Å²) in [5.41, 5.74) is 2.96. The molecule has 0 bridgehead atoms. The molecule has 8 heteroatoms. The predicted octanol–water partition coefficient (Wildman–Crippen LogP) is 6.60. The highest BCUT2D eigenvalue weighted by Gasteiger charge is 2.25. The van der Waals surface area contributed by atoms with Crippen LogP contribution in [0.5, 0.6) is 5.75 Å². The maximum absolute atomic E-state index is 13.2. The quantitative estimate of drug-likeness (QED) is 0.279. The second kappa shape index (κ2) is 12.7. The summed E-state index contributed by atoms with van der Waals surface area (Å²) in [5.74, 6) is 0.842. The Labute approximate surface area is 219 Å². The fourth-order valence-corrected chi connectivity index (χ4v) is 6.98. The molecule has 0 aliphatic carbocycles. The Morgan fingerprint density at radius 2 is 1.61 bits per heavy atom. The Kier molecular flexibility index (Phi) is 9.40. The molecule has 0 atom stereocenters. The molecule has 1 aliphatic rings. The molecule has 6 nitrogen and oxygen atoms in total. The maximum atomic E-state index is 13.2. The van der Waals surface area contributed by atoms with Crippen molar-refractivity contribution in [3.05, 3.63) is 58.7 Å². The van der Waals surface area contributed by atoms with Gasteiger partial charge in [0, 0.05) is 25.0 Å². The Morgan fingerprint density at radius 3 is 2.25 bits per heavy atom. The van der Waals surface area contributed by atoms with Crippen molar-refractivity contribution >= 4 is 27.0 Å². The zero-order chi connectivity index (χ0) is 25.4. The van der Waals surface area contributed by atoms with E-state index in [9.17, 15) is 8.42 Å². The van der Waals surface area contributed by atoms with Crippen molar-refractivity contribution in [2.24, 2.45) is 4.99 Å². The van der Waals surface area contributed by atoms with Gasteiger partial charge in [-0.25, -0.2) is 13.4 Å². The van der Waals surface area contributed by atoms with Crippen molar-refractivity contribution in [2.75, 3.05) is 19.7 Å². The first kappa shape index (κ1) is 26.6. The molecule has 194 valence electrons. The lowest BCUT2D eigenvalue weighted by Crippen LogP contribution is -2.31. The van der Waals surface area contributed by atoms with Gasteiger partial charge in [-0.15, -0.1) is 11.3 Å². The lowest BCUT2D eigenvalue weighted by atomic mass is 10.1. The number of unbranched alkanes of at least 4 members (excludes halogenated alkanes) is 2. The molecule has 1 aromatic heterocycles. The van der Waals surface area contributed by atoms with E-state index < -0.39 is 10.0 Å². The zero-order valence-corrected chi connectivity index (χ0v) is 23.0. The first-order valence-electron chi connectivity index (χ1n) is 13.1. The van der Waals surface area contributed by atoms with Gasteiger partial charge >= 0.3 is 0 Å². The van der Waals surface area contributed by atoms with E-state index in [-0.39, 0.29) is 0 Å². The standard InChI is InChI=1S/C28H37N3O3S2/c1-3-5-8-21-31-27(22-35-28(31)29-24-13-15-25(16-14-24)34-4-2)23-11-17-26(18-12-23)36(32,33)30-19-9-6-7-10-20-30/h11-18,22H,3-10,19-21H2,1-2H3. The highest BCUT2D eigenvalue weighted by atomic mass is 32.2. The van der Waals surface area contributed by atoms with Gasteiger partial charge in [0.1, 0.15) is 5.75 Å². The van der Waals surface area contributed by atoms with Crippen LogP contribution in [0.3, 0.4) is 0 Å². The first-order chi connectivity index (χ1) is 17.5. The second-order valence-corrected chi connectivity index (χ2v) is 11.9. The molecule has 3 aromatic rings. The van der Waals surface area contributed by atoms with Crippen molar-refractivity contribution in [2.45, 2.75) is 70.2 Å². The second-order valence-electron chi connectivity index (χ2n) is 9.14. The minimum atomic E-state index is -3.45. The van der Waals surface area contributed by atoms with Gasteiger partial charge in [-0.1, -0.05) is 44.7 Å². The Balaban J connectivity index is 1.63. The minimum Gasteiger partial charge on any atom is -0.494 e. The average Bonchev–Trinajstić information content (AvgIpc) is 3.08. The Hall–Kier alpha value is -2.42. The summed E-state index contributed by atoms with van der Waals surface area (Å²) in [6, 6.07) is 15.2. The van der Waals surface area contributed by atoms with Crippen molar-refractivity contribution in [3.63, 3.8) is 0 Å². The number of thiazole rings is 1. The van der Waals surface area contributed by atoms with Crippen LogP contribution in [0.4, 0.5) is 5.69 Å². The van der Waals surface area contributed by atoms with Crippen LogP contribution in [0, 0.1) is 0 Å². The van der Waals surface area contributed by atoms with Gasteiger partial charge in [0.2, 0.25) is 10.0 Å². The van der Waals surface area contributed by atoms with Gasteiger partial charge in [0.05, 0.1) is 22.9 Å². The van der Waals surface area contributed by atoms with Gasteiger partial charge in [-0.05, 0) is 68.1 Å². The lowest BCUT2D eigenvalue weighted by Gasteiger charge is -2.20. The number of hydrogen-bond acceptors (Lipinski definition) is 5. The Morgan fingerprint density at radius 1 is 0.917 bits per heavy atom. The molecule has 0 radical (unpaired) electrons. The van der Waals surface area contributed by atoms with Crippen LogP contribution in [0.25, 0.3) is 11.3 Å². The number of aromatic nitrogens is 1. The summed E-state index contributed by atoms with van der Waals surface area (Å²) in [6.07, 6.45) is 7.44. The number of benzene rings is 2. The number of sulfonamides is 1. The number of nitrogens with zero attached hydrogens (tertiary/aromatic N) is 3. The molecule has 1 fully saturated rings. The molecule has 0 amide bonds. The monoisotopic (exact) mass is 527 g/mol. The van der Waals surface area contributed by atoms with Crippen LogP contribution >= 0.6 is 11.3 Å². The average molecular weight is 528 g/mol. The van der Waals surface area contributed by atoms with Crippen LogP contribution in [0.1, 0.15) is 58.8 Å². The molecule has 1 saturated heterocycles. The molecule has 1 aliphatic heterocycles. The first-order valence-corrected chi connectivity index (χ1v) is 15.4. The molecule has 4 rings (SSSR count). The van der Waals surface area contributed by atoms with E-state index in [0.29, 0.717) is 24.6 Å². The number of rotatable bonds is 10. The largest absolute Gasteiger partial charge is 0.494 e. The van der Waals surface area contributed by atoms with E-state index >= 15 is 0 Å². The molecular weight excluding hydrogens is 490 g/mol. The highest BCUT2D eigenvalue weighted by Crippen LogP contribution is 2.26. The van der Waals surface area contributed by atoms with Crippen molar-refractivity contribution in [3.8, 4) is 17.0 Å². The van der Waals surface area contributed by atoms with Gasteiger partial charge in [-0.2, -0.15) is 4.31 Å². The smallest absolute Gasteiger partial charge is 0.243 e. The summed E-state index contributed by atoms with van der Waals surface area (Å²) in [5, 5.41) is 2.12. The third-order valence-electron chi connectivity index (χ3n) is 6.51. The predicted molar refractivity (Wildman–Crippen MR) is 147 cm³/mol. The maximum Gasteiger partial charge on any atom is 0.243 e. The van der Waals surface area contributed by atoms with E-state index in [2.05, 4.69) is 16.9 Å². The zero-order valence-electron chi connectivity index (χ0n) is 21.4. The van der Waals surface area contributed by atoms with Crippen LogP contribution < -0.4 is 9.54 Å². The summed E-state index contributed by atoms with van der Waals surface area (Å²) in [6.45, 7) is 6.91. The van der Waals surface area contributed by atoms with Gasteiger partial charge < -0.3 is 9.30 Å². The molecule has 0 spiro atoms. The lowest BCUT2D eigenvalue weighted by molar-refractivity contribution is 0.340. The van der Waals surface area contributed by atoms with Crippen LogP contribution in [0.2, 0.25) is 0 Å². The van der Waals surface area contributed by atoms with E-state index in [0.717, 1.165) is 79.0 Å². The fraction of sp³-hybridized carbons (Fsp3) is 0.464. The SMILES string of the molecule is CCCCCn1c(-c2ccc(S(=O)(=O)N3CCCCCC3)cc2)csc1=Nc1ccc(OCC)cc1. The minimum absolute atomic E-state index is 0.375. The highest BCUT2D eigenvalue weighted by molar-refractivity contribution is 7.89. The van der Waals surface area contributed by atoms with Gasteiger partial charge in [0.15, 0.2) is 4.80 Å². The van der Waals surface area contributed by atoms with Crippen molar-refractivity contribution in [1.82, 2.24) is 8.87 Å². The molecule has 2 heterocycles. The van der Waals surface area contributed by atoms with Crippen molar-refractivity contribution in [1.29, 1.82) is 0 Å². The third-order valence-corrected chi connectivity index (χ3v) is 9.28. The molecule has 2 aromatic carbocycles. The number of ether oxygens (including phenoxy) is 1. The summed E-state index contributed by atoms with van der Waals surface area (Å²) >= 11 is 1.61. The number of hydrogen-bond donors (Lipinski definition) is 0. The van der Waals surface area contributed by atoms with Crippen LogP contribution in [-0.2, 0) is 16.6 Å². The van der Waals surface area contributed by atoms with Gasteiger partial charge in [0.25, 0.3) is 0 Å². The van der Waals surface area contributed by atoms with E-state index in [1.165, 1.54) is 0 Å². The van der Waals surface area contributed by atoms with Gasteiger partial charge in [-0.3, -0.25) is 0 Å². The molecule has 0 saturated carbocycles. The summed E-state index contributed by atoms with van der Waals surface area (Å²) in [7, 11) is -3.45. The van der Waals surface area contributed by atoms with Crippen LogP contribution in [-0.4, -0.2) is 37.0 Å². The Bertz CT molecular complexity index is 1270. The van der Waals surface area contributed by atoms with Crippen molar-refractivity contribution < 1.29 is 13.2 Å². The molecular formula is C28H37N3O3S2. The van der Waals surface area contributed by atoms with Crippen LogP contribution in [0.15, 0.2) is 63.8 Å². The molecule has 0 unspecified atom stereocenters. The summed E-state index contributed by atoms with van der Waals surface area (Å²) in [4.78, 5) is 6.23. The molecule has 0 N–H and O–H groups in total. The fourth-order valence-electron chi connectivity index (χ4n) is 4.51. The topological polar surface area (TPSA) is 63.9 Å².